The van der Waals surface area contributed by atoms with Gasteiger partial charge in [-0.15, -0.1) is 16.9 Å². The third-order valence-electron chi connectivity index (χ3n) is 6.87. The van der Waals surface area contributed by atoms with E-state index in [1.165, 1.54) is 12.1 Å². The Labute approximate surface area is 241 Å². The first-order chi connectivity index (χ1) is 18.5. The van der Waals surface area contributed by atoms with Crippen molar-refractivity contribution in [3.63, 3.8) is 0 Å². The number of hydrogen-bond acceptors (Lipinski definition) is 7. The number of nitriles is 1. The molecule has 7 nitrogen and oxygen atoms in total. The van der Waals surface area contributed by atoms with Crippen LogP contribution < -0.4 is 10.6 Å². The zero-order valence-corrected chi connectivity index (χ0v) is 25.0. The Morgan fingerprint density at radius 1 is 1.23 bits per heavy atom. The molecule has 200 valence electrons. The molecule has 5 rings (SSSR count). The van der Waals surface area contributed by atoms with Crippen molar-refractivity contribution in [2.24, 2.45) is 5.41 Å². The molecule has 0 saturated heterocycles. The van der Waals surface area contributed by atoms with Crippen LogP contribution in [0.4, 0.5) is 15.8 Å². The molecule has 2 N–H and O–H groups in total. The van der Waals surface area contributed by atoms with Gasteiger partial charge in [-0.1, -0.05) is 38.1 Å². The van der Waals surface area contributed by atoms with Crippen LogP contribution in [-0.4, -0.2) is 40.6 Å². The first-order valence-corrected chi connectivity index (χ1v) is 14.9. The number of anilines is 2. The van der Waals surface area contributed by atoms with Crippen molar-refractivity contribution in [3.8, 4) is 6.07 Å². The van der Waals surface area contributed by atoms with Crippen LogP contribution in [-0.2, 0) is 5.44 Å². The number of benzene rings is 2. The smallest absolute Gasteiger partial charge is 0.148 e. The van der Waals surface area contributed by atoms with Gasteiger partial charge in [0.15, 0.2) is 0 Å². The molecule has 1 atom stereocenters. The number of fused-ring (bicyclic) bond motifs is 1. The van der Waals surface area contributed by atoms with E-state index in [0.29, 0.717) is 18.2 Å². The minimum Gasteiger partial charge on any atom is -0.383 e. The van der Waals surface area contributed by atoms with E-state index in [0.717, 1.165) is 55.9 Å². The van der Waals surface area contributed by atoms with Crippen molar-refractivity contribution in [3.05, 3.63) is 69.7 Å². The predicted octanol–water partition coefficient (Wildman–Crippen LogP) is 6.06. The van der Waals surface area contributed by atoms with E-state index in [9.17, 15) is 9.65 Å². The summed E-state index contributed by atoms with van der Waals surface area (Å²) < 4.78 is 16.8. The average molecular weight is 606 g/mol. The second-order valence-corrected chi connectivity index (χ2v) is 13.0. The van der Waals surface area contributed by atoms with Crippen LogP contribution in [0.1, 0.15) is 56.5 Å². The van der Waals surface area contributed by atoms with Crippen LogP contribution in [0.3, 0.4) is 0 Å². The number of rotatable bonds is 8. The van der Waals surface area contributed by atoms with Gasteiger partial charge in [-0.05, 0) is 70.3 Å². The lowest BCUT2D eigenvalue weighted by atomic mass is 9.69. The molecule has 39 heavy (non-hydrogen) atoms. The third-order valence-corrected chi connectivity index (χ3v) is 8.24. The van der Waals surface area contributed by atoms with E-state index in [1.54, 1.807) is 30.1 Å². The Kier molecular flexibility index (Phi) is 7.38. The molecule has 2 aromatic heterocycles. The molecule has 11 heteroatoms. The zero-order valence-electron chi connectivity index (χ0n) is 22.6. The fourth-order valence-electron chi connectivity index (χ4n) is 4.65. The highest BCUT2D eigenvalue weighted by Gasteiger charge is 2.38. The monoisotopic (exact) mass is 605 g/mol. The van der Waals surface area contributed by atoms with E-state index in [2.05, 4.69) is 68.7 Å². The van der Waals surface area contributed by atoms with Gasteiger partial charge in [0.1, 0.15) is 30.5 Å². The molecule has 0 radical (unpaired) electrons. The van der Waals surface area contributed by atoms with Crippen molar-refractivity contribution in [2.45, 2.75) is 50.1 Å². The molecule has 1 aliphatic carbocycles. The topological polar surface area (TPSA) is 91.4 Å². The second kappa shape index (κ2) is 10.5. The quantitative estimate of drug-likeness (QED) is 0.186. The average Bonchev–Trinajstić information content (AvgIpc) is 3.64. The van der Waals surface area contributed by atoms with E-state index in [1.807, 2.05) is 30.9 Å². The first kappa shape index (κ1) is 27.5. The molecular weight excluding hydrogens is 576 g/mol. The van der Waals surface area contributed by atoms with Crippen molar-refractivity contribution in [1.29, 1.82) is 5.26 Å². The van der Waals surface area contributed by atoms with Crippen LogP contribution in [0, 0.1) is 22.6 Å². The molecule has 4 aromatic rings. The molecule has 1 fully saturated rings. The van der Waals surface area contributed by atoms with Gasteiger partial charge in [-0.3, -0.25) is 4.98 Å². The van der Waals surface area contributed by atoms with Gasteiger partial charge < -0.3 is 10.6 Å². The highest BCUT2D eigenvalue weighted by Crippen LogP contribution is 2.42. The molecule has 2 heterocycles. The van der Waals surface area contributed by atoms with E-state index in [-0.39, 0.29) is 11.2 Å². The Morgan fingerprint density at radius 3 is 2.56 bits per heavy atom. The van der Waals surface area contributed by atoms with Crippen molar-refractivity contribution in [2.75, 3.05) is 23.4 Å². The number of thioether (sulfide) groups is 1. The van der Waals surface area contributed by atoms with Gasteiger partial charge in [-0.2, -0.15) is 5.26 Å². The van der Waals surface area contributed by atoms with Crippen molar-refractivity contribution < 1.29 is 4.39 Å². The molecule has 0 amide bonds. The molecule has 0 aliphatic heterocycles. The normalized spacial score (nSPS) is 15.1. The summed E-state index contributed by atoms with van der Waals surface area (Å²) in [7, 11) is 2.04. The predicted molar refractivity (Wildman–Crippen MR) is 162 cm³/mol. The molecule has 1 saturated carbocycles. The van der Waals surface area contributed by atoms with Crippen LogP contribution in [0.5, 0.6) is 0 Å². The number of nitrogens with one attached hydrogen (secondary N) is 2. The molecule has 1 unspecified atom stereocenters. The highest BCUT2D eigenvalue weighted by molar-refractivity contribution is 9.10. The fourth-order valence-corrected chi connectivity index (χ4v) is 6.02. The van der Waals surface area contributed by atoms with E-state index < -0.39 is 5.44 Å². The van der Waals surface area contributed by atoms with Crippen LogP contribution in [0.2, 0.25) is 0 Å². The largest absolute Gasteiger partial charge is 0.383 e. The SMILES string of the molecule is BC(Nc1cc(Br)c2ncc(C#N)c(NCC(C)(C)C)c2c1)(c1ccc(F)cc1)c1nnn(C2CC2)c1SC. The molecular formula is C28H30BBrFN7S. The molecule has 2 aromatic carbocycles. The van der Waals surface area contributed by atoms with Crippen molar-refractivity contribution in [1.82, 2.24) is 20.0 Å². The fraction of sp³-hybridized carbons (Fsp3) is 0.357. The summed E-state index contributed by atoms with van der Waals surface area (Å²) in [5.41, 5.74) is 3.59. The summed E-state index contributed by atoms with van der Waals surface area (Å²) in [5.74, 6) is -0.300. The number of hydrogen-bond donors (Lipinski definition) is 2. The lowest BCUT2D eigenvalue weighted by Gasteiger charge is -2.32. The standard InChI is InChI=1S/C28H30BBrFN7S/c1-27(2,3)15-34-23-16(13-32)14-33-24-21(23)11-19(12-22(24)30)35-28(29,17-5-7-18(31)8-6-17)25-26(39-4)38(37-36-25)20-9-10-20/h5-8,11-12,14,20,35H,9-10,15,29H2,1-4H3,(H,33,34). The summed E-state index contributed by atoms with van der Waals surface area (Å²) in [6.07, 6.45) is 5.82. The van der Waals surface area contributed by atoms with Gasteiger partial charge in [0.05, 0.1) is 28.2 Å². The minimum absolute atomic E-state index is 0.0121. The summed E-state index contributed by atoms with van der Waals surface area (Å²) >= 11 is 5.32. The third kappa shape index (κ3) is 5.50. The summed E-state index contributed by atoms with van der Waals surface area (Å²) in [4.78, 5) is 4.57. The summed E-state index contributed by atoms with van der Waals surface area (Å²) in [5, 5.41) is 28.0. The Hall–Kier alpha value is -3.10. The minimum atomic E-state index is -0.828. The Bertz CT molecular complexity index is 1570. The Balaban J connectivity index is 1.66. The number of halogens is 2. The lowest BCUT2D eigenvalue weighted by Crippen LogP contribution is -2.38. The van der Waals surface area contributed by atoms with Crippen LogP contribution >= 0.6 is 27.7 Å². The van der Waals surface area contributed by atoms with E-state index in [4.69, 9.17) is 0 Å². The van der Waals surface area contributed by atoms with Crippen LogP contribution in [0.25, 0.3) is 10.9 Å². The van der Waals surface area contributed by atoms with Gasteiger partial charge in [0.2, 0.25) is 0 Å². The maximum Gasteiger partial charge on any atom is 0.148 e. The van der Waals surface area contributed by atoms with Crippen molar-refractivity contribution >= 4 is 57.8 Å². The van der Waals surface area contributed by atoms with Gasteiger partial charge in [0, 0.05) is 28.3 Å². The molecule has 1 aliphatic rings. The second-order valence-electron chi connectivity index (χ2n) is 11.3. The van der Waals surface area contributed by atoms with Crippen LogP contribution in [0.15, 0.2) is 52.1 Å². The first-order valence-electron chi connectivity index (χ1n) is 12.8. The number of pyridine rings is 1. The highest BCUT2D eigenvalue weighted by atomic mass is 79.9. The number of aromatic nitrogens is 4. The summed E-state index contributed by atoms with van der Waals surface area (Å²) in [6.45, 7) is 7.12. The Morgan fingerprint density at radius 2 is 1.95 bits per heavy atom. The maximum absolute atomic E-state index is 14.0. The lowest BCUT2D eigenvalue weighted by molar-refractivity contribution is 0.443. The molecule has 0 bridgehead atoms. The zero-order chi connectivity index (χ0) is 27.9. The maximum atomic E-state index is 14.0. The van der Waals surface area contributed by atoms with Gasteiger partial charge in [-0.25, -0.2) is 9.07 Å². The van der Waals surface area contributed by atoms with Gasteiger partial charge >= 0.3 is 0 Å². The molecule has 0 spiro atoms. The number of nitrogens with zero attached hydrogens (tertiary/aromatic N) is 5. The summed E-state index contributed by atoms with van der Waals surface area (Å²) in [6, 6.07) is 13.1. The van der Waals surface area contributed by atoms with E-state index >= 15 is 0 Å². The van der Waals surface area contributed by atoms with Gasteiger partial charge in [0.25, 0.3) is 0 Å².